The molecule has 6 aromatic rings. The lowest BCUT2D eigenvalue weighted by atomic mass is 9.85. The van der Waals surface area contributed by atoms with Gasteiger partial charge in [0.2, 0.25) is 0 Å². The van der Waals surface area contributed by atoms with Gasteiger partial charge in [0.15, 0.2) is 0 Å². The first-order valence-corrected chi connectivity index (χ1v) is 12.1. The van der Waals surface area contributed by atoms with Crippen LogP contribution in [0.2, 0.25) is 0 Å². The van der Waals surface area contributed by atoms with Crippen molar-refractivity contribution < 1.29 is 0 Å². The average molecular weight is 463 g/mol. The van der Waals surface area contributed by atoms with Crippen LogP contribution in [0.3, 0.4) is 0 Å². The van der Waals surface area contributed by atoms with Crippen molar-refractivity contribution in [3.05, 3.63) is 132 Å². The van der Waals surface area contributed by atoms with E-state index in [4.69, 9.17) is 4.98 Å². The molecule has 4 aromatic carbocycles. The van der Waals surface area contributed by atoms with Crippen LogP contribution in [-0.4, -0.2) is 9.55 Å². The molecule has 0 unspecified atom stereocenters. The quantitative estimate of drug-likeness (QED) is 0.290. The molecule has 1 atom stereocenters. The fourth-order valence-corrected chi connectivity index (χ4v) is 5.54. The third kappa shape index (κ3) is 3.18. The van der Waals surface area contributed by atoms with E-state index >= 15 is 0 Å². The Kier molecular flexibility index (Phi) is 4.62. The normalized spacial score (nSPS) is 14.5. The molecule has 2 aromatic heterocycles. The maximum atomic E-state index is 9.25. The molecule has 36 heavy (non-hydrogen) atoms. The summed E-state index contributed by atoms with van der Waals surface area (Å²) >= 11 is 0. The third-order valence-electron chi connectivity index (χ3n) is 7.28. The Morgan fingerprint density at radius 3 is 2.56 bits per heavy atom. The molecule has 1 aliphatic rings. The second kappa shape index (κ2) is 8.11. The van der Waals surface area contributed by atoms with E-state index in [0.717, 1.165) is 39.9 Å². The van der Waals surface area contributed by atoms with E-state index in [0.29, 0.717) is 5.56 Å². The van der Waals surface area contributed by atoms with Gasteiger partial charge in [-0.15, -0.1) is 0 Å². The van der Waals surface area contributed by atoms with Gasteiger partial charge in [-0.3, -0.25) is 4.98 Å². The zero-order valence-corrected chi connectivity index (χ0v) is 19.5. The van der Waals surface area contributed by atoms with Gasteiger partial charge in [0.1, 0.15) is 0 Å². The first-order chi connectivity index (χ1) is 17.8. The molecular weight excluding hydrogens is 440 g/mol. The summed E-state index contributed by atoms with van der Waals surface area (Å²) in [5.74, 6) is 0.145. The summed E-state index contributed by atoms with van der Waals surface area (Å²) < 4.78 is 2.25. The van der Waals surface area contributed by atoms with Crippen LogP contribution in [0.25, 0.3) is 27.5 Å². The Balaban J connectivity index is 1.49. The highest BCUT2D eigenvalue weighted by molar-refractivity contribution is 5.96. The van der Waals surface area contributed by atoms with Crippen LogP contribution in [0.5, 0.6) is 0 Å². The minimum Gasteiger partial charge on any atom is -0.353 e. The summed E-state index contributed by atoms with van der Waals surface area (Å²) in [4.78, 5) is 4.77. The molecule has 7 rings (SSSR count). The summed E-state index contributed by atoms with van der Waals surface area (Å²) in [6.45, 7) is 0. The van der Waals surface area contributed by atoms with Crippen molar-refractivity contribution >= 4 is 33.2 Å². The summed E-state index contributed by atoms with van der Waals surface area (Å²) in [5, 5.41) is 15.4. The van der Waals surface area contributed by atoms with Crippen LogP contribution in [0, 0.1) is 11.3 Å². The molecule has 0 bridgehead atoms. The molecule has 0 spiro atoms. The van der Waals surface area contributed by atoms with Crippen molar-refractivity contribution in [2.75, 3.05) is 5.32 Å². The molecule has 3 heterocycles. The number of nitriles is 1. The van der Waals surface area contributed by atoms with Gasteiger partial charge in [-0.25, -0.2) is 0 Å². The van der Waals surface area contributed by atoms with Crippen LogP contribution < -0.4 is 5.32 Å². The van der Waals surface area contributed by atoms with E-state index in [1.165, 1.54) is 22.1 Å². The lowest BCUT2D eigenvalue weighted by Gasteiger charge is -2.18. The number of nitrogens with one attached hydrogen (secondary N) is 1. The maximum Gasteiger partial charge on any atom is 0.0991 e. The van der Waals surface area contributed by atoms with E-state index in [2.05, 4.69) is 88.9 Å². The summed E-state index contributed by atoms with van der Waals surface area (Å²) in [6.07, 6.45) is 5.03. The number of hydrogen-bond donors (Lipinski definition) is 1. The van der Waals surface area contributed by atoms with Gasteiger partial charge in [0.25, 0.3) is 0 Å². The summed E-state index contributed by atoms with van der Waals surface area (Å²) in [7, 11) is 0. The SMILES string of the molecule is N#Cc1ccc(-n2cc([C@H]3Cc4ccccc4Nc4c3ccc3cccnc43)c3ccccc32)cc1. The molecule has 0 fully saturated rings. The Morgan fingerprint density at radius 1 is 0.833 bits per heavy atom. The van der Waals surface area contributed by atoms with E-state index < -0.39 is 0 Å². The summed E-state index contributed by atoms with van der Waals surface area (Å²) in [5.41, 5.74) is 9.89. The van der Waals surface area contributed by atoms with Crippen LogP contribution in [0.1, 0.15) is 28.2 Å². The number of hydrogen-bond acceptors (Lipinski definition) is 3. The first kappa shape index (κ1) is 20.5. The average Bonchev–Trinajstić information content (AvgIpc) is 3.23. The van der Waals surface area contributed by atoms with Crippen molar-refractivity contribution in [3.8, 4) is 11.8 Å². The third-order valence-corrected chi connectivity index (χ3v) is 7.28. The fourth-order valence-electron chi connectivity index (χ4n) is 5.54. The van der Waals surface area contributed by atoms with Crippen molar-refractivity contribution in [2.24, 2.45) is 0 Å². The summed E-state index contributed by atoms with van der Waals surface area (Å²) in [6, 6.07) is 35.7. The standard InChI is InChI=1S/C32H22N4/c33-19-21-11-14-24(15-12-21)36-20-28(25-8-2-4-10-30(25)36)27-18-23-6-1-3-9-29(23)35-32-26(27)16-13-22-7-5-17-34-31(22)32/h1-17,20,27,35H,18H2/t27-/m0/s1. The molecule has 4 nitrogen and oxygen atoms in total. The second-order valence-electron chi connectivity index (χ2n) is 9.27. The lowest BCUT2D eigenvalue weighted by Crippen LogP contribution is -2.05. The van der Waals surface area contributed by atoms with Crippen LogP contribution in [0.4, 0.5) is 11.4 Å². The first-order valence-electron chi connectivity index (χ1n) is 12.1. The fraction of sp³-hybridized carbons (Fsp3) is 0.0625. The van der Waals surface area contributed by atoms with Gasteiger partial charge in [-0.1, -0.05) is 54.6 Å². The van der Waals surface area contributed by atoms with E-state index in [1.807, 2.05) is 36.5 Å². The monoisotopic (exact) mass is 462 g/mol. The van der Waals surface area contributed by atoms with Gasteiger partial charge in [-0.05, 0) is 65.6 Å². The smallest absolute Gasteiger partial charge is 0.0991 e. The number of nitrogens with zero attached hydrogens (tertiary/aromatic N) is 3. The molecule has 1 aliphatic heterocycles. The molecule has 0 amide bonds. The van der Waals surface area contributed by atoms with Gasteiger partial charge in [0, 0.05) is 40.5 Å². The van der Waals surface area contributed by atoms with Crippen molar-refractivity contribution in [1.82, 2.24) is 9.55 Å². The Hall–Kier alpha value is -4.88. The molecule has 0 radical (unpaired) electrons. The Labute approximate surface area is 209 Å². The molecule has 170 valence electrons. The van der Waals surface area contributed by atoms with Crippen LogP contribution in [0.15, 0.2) is 109 Å². The van der Waals surface area contributed by atoms with Crippen molar-refractivity contribution in [3.63, 3.8) is 0 Å². The number of para-hydroxylation sites is 2. The zero-order valence-electron chi connectivity index (χ0n) is 19.5. The highest BCUT2D eigenvalue weighted by atomic mass is 15.0. The predicted molar refractivity (Wildman–Crippen MR) is 145 cm³/mol. The lowest BCUT2D eigenvalue weighted by molar-refractivity contribution is 0.820. The van der Waals surface area contributed by atoms with Gasteiger partial charge >= 0.3 is 0 Å². The largest absolute Gasteiger partial charge is 0.353 e. The Bertz CT molecular complexity index is 1810. The van der Waals surface area contributed by atoms with Crippen molar-refractivity contribution in [2.45, 2.75) is 12.3 Å². The van der Waals surface area contributed by atoms with Gasteiger partial charge in [-0.2, -0.15) is 5.26 Å². The highest BCUT2D eigenvalue weighted by Crippen LogP contribution is 2.45. The zero-order chi connectivity index (χ0) is 24.1. The molecule has 0 aliphatic carbocycles. The molecular formula is C32H22N4. The van der Waals surface area contributed by atoms with E-state index in [-0.39, 0.29) is 5.92 Å². The number of rotatable bonds is 2. The predicted octanol–water partition coefficient (Wildman–Crippen LogP) is 7.48. The molecule has 0 saturated carbocycles. The number of aromatic nitrogens is 2. The van der Waals surface area contributed by atoms with Crippen LogP contribution in [-0.2, 0) is 6.42 Å². The molecule has 1 N–H and O–H groups in total. The van der Waals surface area contributed by atoms with E-state index in [1.54, 1.807) is 0 Å². The molecule has 0 saturated heterocycles. The van der Waals surface area contributed by atoms with Gasteiger partial charge < -0.3 is 9.88 Å². The number of benzene rings is 4. The van der Waals surface area contributed by atoms with E-state index in [9.17, 15) is 5.26 Å². The maximum absolute atomic E-state index is 9.25. The minimum atomic E-state index is 0.145. The number of fused-ring (bicyclic) bond motifs is 5. The second-order valence-corrected chi connectivity index (χ2v) is 9.27. The topological polar surface area (TPSA) is 53.6 Å². The Morgan fingerprint density at radius 2 is 1.67 bits per heavy atom. The van der Waals surface area contributed by atoms with Crippen molar-refractivity contribution in [1.29, 1.82) is 5.26 Å². The van der Waals surface area contributed by atoms with Gasteiger partial charge in [0.05, 0.1) is 28.4 Å². The highest BCUT2D eigenvalue weighted by Gasteiger charge is 2.28. The number of pyridine rings is 1. The number of anilines is 2. The molecule has 4 heteroatoms. The minimum absolute atomic E-state index is 0.145. The van der Waals surface area contributed by atoms with Crippen LogP contribution >= 0.6 is 0 Å².